The second-order valence-electron chi connectivity index (χ2n) is 9.33. The number of anilines is 1. The van der Waals surface area contributed by atoms with Crippen LogP contribution in [0, 0.1) is 17.3 Å². The third kappa shape index (κ3) is 4.38. The predicted octanol–water partition coefficient (Wildman–Crippen LogP) is 3.55. The first-order valence-corrected chi connectivity index (χ1v) is 11.7. The maximum Gasteiger partial charge on any atom is 0.409 e. The summed E-state index contributed by atoms with van der Waals surface area (Å²) in [6.07, 6.45) is 3.16. The predicted molar refractivity (Wildman–Crippen MR) is 120 cm³/mol. The molecule has 33 heavy (non-hydrogen) atoms. The number of nitrogens with zero attached hydrogens (tertiary/aromatic N) is 5. The van der Waals surface area contributed by atoms with E-state index in [0.29, 0.717) is 29.7 Å². The summed E-state index contributed by atoms with van der Waals surface area (Å²) in [6, 6.07) is 8.02. The molecule has 0 unspecified atom stereocenters. The average molecular weight is 458 g/mol. The van der Waals surface area contributed by atoms with Crippen LogP contribution in [0.5, 0.6) is 0 Å². The minimum absolute atomic E-state index is 0.202. The van der Waals surface area contributed by atoms with Gasteiger partial charge >= 0.3 is 6.09 Å². The van der Waals surface area contributed by atoms with Crippen molar-refractivity contribution in [2.75, 3.05) is 50.8 Å². The Hall–Kier alpha value is -2.81. The number of likely N-dealkylation sites (tertiary alicyclic amines) is 1. The van der Waals surface area contributed by atoms with Crippen LogP contribution in [0.3, 0.4) is 0 Å². The van der Waals surface area contributed by atoms with Gasteiger partial charge in [-0.05, 0) is 50.5 Å². The van der Waals surface area contributed by atoms with E-state index in [4.69, 9.17) is 4.74 Å². The van der Waals surface area contributed by atoms with E-state index in [1.54, 1.807) is 23.1 Å². The lowest BCUT2D eigenvalue weighted by molar-refractivity contribution is -0.00294. The number of carbonyl (C=O) groups is 1. The molecule has 1 atom stereocenters. The maximum atomic E-state index is 14.0. The van der Waals surface area contributed by atoms with Gasteiger partial charge in [-0.25, -0.2) is 14.8 Å². The van der Waals surface area contributed by atoms with Crippen molar-refractivity contribution in [1.29, 1.82) is 0 Å². The number of rotatable bonds is 4. The van der Waals surface area contributed by atoms with Crippen LogP contribution in [-0.4, -0.2) is 77.8 Å². The molecule has 9 heteroatoms. The zero-order chi connectivity index (χ0) is 23.0. The van der Waals surface area contributed by atoms with Crippen LogP contribution in [0.1, 0.15) is 26.2 Å². The summed E-state index contributed by atoms with van der Waals surface area (Å²) >= 11 is 0. The van der Waals surface area contributed by atoms with Crippen molar-refractivity contribution in [3.8, 4) is 11.3 Å². The van der Waals surface area contributed by atoms with Gasteiger partial charge in [0.1, 0.15) is 5.82 Å². The van der Waals surface area contributed by atoms with Gasteiger partial charge < -0.3 is 14.5 Å². The lowest BCUT2D eigenvalue weighted by atomic mass is 9.78. The highest BCUT2D eigenvalue weighted by atomic mass is 19.1. The number of hydrogen-bond acceptors (Lipinski definition) is 6. The largest absolute Gasteiger partial charge is 0.450 e. The molecule has 1 amide bonds. The highest BCUT2D eigenvalue weighted by Crippen LogP contribution is 2.47. The van der Waals surface area contributed by atoms with E-state index in [9.17, 15) is 13.6 Å². The summed E-state index contributed by atoms with van der Waals surface area (Å²) in [5.74, 6) is -0.610. The zero-order valence-electron chi connectivity index (χ0n) is 18.8. The molecule has 2 saturated heterocycles. The molecule has 1 aliphatic carbocycles. The molecule has 3 aliphatic rings. The van der Waals surface area contributed by atoms with Crippen molar-refractivity contribution in [1.82, 2.24) is 19.8 Å². The molecule has 3 fully saturated rings. The van der Waals surface area contributed by atoms with Crippen molar-refractivity contribution in [3.05, 3.63) is 42.2 Å². The molecule has 0 radical (unpaired) electrons. The fraction of sp³-hybridized carbons (Fsp3) is 0.542. The Morgan fingerprint density at radius 1 is 1.09 bits per heavy atom. The van der Waals surface area contributed by atoms with Crippen LogP contribution in [0.25, 0.3) is 11.3 Å². The van der Waals surface area contributed by atoms with Gasteiger partial charge in [0.05, 0.1) is 12.3 Å². The van der Waals surface area contributed by atoms with Gasteiger partial charge in [-0.3, -0.25) is 4.90 Å². The molecule has 1 spiro atoms. The van der Waals surface area contributed by atoms with Crippen molar-refractivity contribution < 1.29 is 18.3 Å². The second kappa shape index (κ2) is 8.85. The third-order valence-electron chi connectivity index (χ3n) is 7.22. The van der Waals surface area contributed by atoms with Crippen molar-refractivity contribution >= 4 is 11.9 Å². The molecule has 0 N–H and O–H groups in total. The van der Waals surface area contributed by atoms with Gasteiger partial charge in [-0.15, -0.1) is 0 Å². The molecule has 0 bridgehead atoms. The smallest absolute Gasteiger partial charge is 0.409 e. The molecular formula is C24H29F2N5O2. The first-order chi connectivity index (χ1) is 16.0. The molecule has 176 valence electrons. The van der Waals surface area contributed by atoms with E-state index in [-0.39, 0.29) is 11.5 Å². The highest BCUT2D eigenvalue weighted by Gasteiger charge is 2.51. The second-order valence-corrected chi connectivity index (χ2v) is 9.33. The molecule has 5 rings (SSSR count). The molecule has 0 aromatic carbocycles. The minimum atomic E-state index is -0.569. The molecule has 4 heterocycles. The van der Waals surface area contributed by atoms with Crippen LogP contribution < -0.4 is 4.90 Å². The Bertz CT molecular complexity index is 1020. The van der Waals surface area contributed by atoms with E-state index in [2.05, 4.69) is 19.8 Å². The minimum Gasteiger partial charge on any atom is -0.450 e. The van der Waals surface area contributed by atoms with Gasteiger partial charge in [0.2, 0.25) is 11.9 Å². The molecule has 2 aliphatic heterocycles. The molecule has 1 saturated carbocycles. The van der Waals surface area contributed by atoms with Crippen molar-refractivity contribution in [3.63, 3.8) is 0 Å². The summed E-state index contributed by atoms with van der Waals surface area (Å²) < 4.78 is 32.8. The molecule has 7 nitrogen and oxygen atoms in total. The van der Waals surface area contributed by atoms with E-state index in [1.165, 1.54) is 12.1 Å². The molecule has 2 aromatic heterocycles. The highest BCUT2D eigenvalue weighted by molar-refractivity contribution is 5.73. The van der Waals surface area contributed by atoms with Crippen LogP contribution in [0.4, 0.5) is 19.4 Å². The quantitative estimate of drug-likeness (QED) is 0.655. The topological polar surface area (TPSA) is 61.8 Å². The molecular weight excluding hydrogens is 428 g/mol. The van der Waals surface area contributed by atoms with Crippen LogP contribution >= 0.6 is 0 Å². The van der Waals surface area contributed by atoms with Gasteiger partial charge in [0, 0.05) is 56.3 Å². The Morgan fingerprint density at radius 2 is 1.85 bits per heavy atom. The third-order valence-corrected chi connectivity index (χ3v) is 7.22. The Morgan fingerprint density at radius 3 is 2.58 bits per heavy atom. The van der Waals surface area contributed by atoms with Gasteiger partial charge in [0.25, 0.3) is 0 Å². The number of pyridine rings is 2. The number of halogens is 2. The van der Waals surface area contributed by atoms with Crippen molar-refractivity contribution in [2.45, 2.75) is 32.2 Å². The number of hydrogen-bond donors (Lipinski definition) is 0. The number of piperazine rings is 1. The van der Waals surface area contributed by atoms with Gasteiger partial charge in [-0.2, -0.15) is 8.78 Å². The first kappa shape index (κ1) is 22.0. The lowest BCUT2D eigenvalue weighted by Gasteiger charge is -2.48. The fourth-order valence-electron chi connectivity index (χ4n) is 5.61. The molecule has 2 aromatic rings. The average Bonchev–Trinajstić information content (AvgIpc) is 3.24. The number of aromatic nitrogens is 2. The number of carbonyl (C=O) groups excluding carboxylic acids is 1. The van der Waals surface area contributed by atoms with Crippen molar-refractivity contribution in [2.24, 2.45) is 5.41 Å². The van der Waals surface area contributed by atoms with E-state index >= 15 is 0 Å². The SMILES string of the molecule is CCOC(=O)N1CC2(CC[C@@H](N3CCN(c4nc(F)ccc4-c4cccc(F)n4)CC3)C2)C1. The number of ether oxygens (including phenoxy) is 1. The normalized spacial score (nSPS) is 22.5. The summed E-state index contributed by atoms with van der Waals surface area (Å²) in [7, 11) is 0. The summed E-state index contributed by atoms with van der Waals surface area (Å²) in [5, 5.41) is 0. The van der Waals surface area contributed by atoms with Crippen LogP contribution in [-0.2, 0) is 4.74 Å². The lowest BCUT2D eigenvalue weighted by Crippen LogP contribution is -2.58. The van der Waals surface area contributed by atoms with E-state index in [1.807, 2.05) is 6.92 Å². The Kier molecular flexibility index (Phi) is 5.90. The first-order valence-electron chi connectivity index (χ1n) is 11.7. The van der Waals surface area contributed by atoms with Gasteiger partial charge in [-0.1, -0.05) is 6.07 Å². The van der Waals surface area contributed by atoms with Crippen LogP contribution in [0.2, 0.25) is 0 Å². The summed E-state index contributed by atoms with van der Waals surface area (Å²) in [4.78, 5) is 26.4. The summed E-state index contributed by atoms with van der Waals surface area (Å²) in [6.45, 7) is 6.97. The Labute approximate surface area is 192 Å². The summed E-state index contributed by atoms with van der Waals surface area (Å²) in [5.41, 5.74) is 1.32. The maximum absolute atomic E-state index is 14.0. The van der Waals surface area contributed by atoms with Gasteiger partial charge in [0.15, 0.2) is 0 Å². The number of amides is 1. The van der Waals surface area contributed by atoms with E-state index in [0.717, 1.165) is 58.5 Å². The van der Waals surface area contributed by atoms with Crippen LogP contribution in [0.15, 0.2) is 30.3 Å². The monoisotopic (exact) mass is 457 g/mol. The van der Waals surface area contributed by atoms with E-state index < -0.39 is 11.9 Å². The standard InChI is InChI=1S/C24H29F2N5O2/c1-2-33-23(32)31-15-24(16-31)9-8-17(14-24)29-10-12-30(13-11-29)22-18(6-7-21(26)28-22)19-4-3-5-20(25)27-19/h3-7,17H,2,8-16H2,1H3/t17-/m1/s1. The fourth-order valence-corrected chi connectivity index (χ4v) is 5.61. The Balaban J connectivity index is 1.21. The zero-order valence-corrected chi connectivity index (χ0v) is 18.8.